The maximum Gasteiger partial charge on any atom is 0.267 e. The number of para-hydroxylation sites is 1. The second-order valence-corrected chi connectivity index (χ2v) is 8.85. The number of thiophene rings is 1. The van der Waals surface area contributed by atoms with E-state index in [-0.39, 0.29) is 5.56 Å². The van der Waals surface area contributed by atoms with E-state index in [9.17, 15) is 9.90 Å². The zero-order chi connectivity index (χ0) is 18.1. The Morgan fingerprint density at radius 3 is 2.77 bits per heavy atom. The normalized spacial score (nSPS) is 15.6. The van der Waals surface area contributed by atoms with Gasteiger partial charge in [0.1, 0.15) is 4.83 Å². The van der Waals surface area contributed by atoms with Gasteiger partial charge in [-0.3, -0.25) is 9.36 Å². The van der Waals surface area contributed by atoms with Gasteiger partial charge in [0, 0.05) is 10.6 Å². The molecule has 0 saturated heterocycles. The van der Waals surface area contributed by atoms with Crippen molar-refractivity contribution in [3.05, 3.63) is 51.1 Å². The first-order valence-electron chi connectivity index (χ1n) is 9.08. The van der Waals surface area contributed by atoms with Crippen LogP contribution in [0.15, 0.2) is 40.3 Å². The fourth-order valence-corrected chi connectivity index (χ4v) is 5.63. The molecule has 1 N–H and O–H groups in total. The second-order valence-electron chi connectivity index (χ2n) is 6.78. The molecule has 3 aromatic rings. The third-order valence-electron chi connectivity index (χ3n) is 4.68. The molecular weight excluding hydrogens is 364 g/mol. The fourth-order valence-electron chi connectivity index (χ4n) is 3.46. The predicted molar refractivity (Wildman–Crippen MR) is 109 cm³/mol. The molecule has 0 bridgehead atoms. The van der Waals surface area contributed by atoms with E-state index >= 15 is 0 Å². The van der Waals surface area contributed by atoms with Crippen LogP contribution in [0, 0.1) is 0 Å². The average Bonchev–Trinajstić information content (AvgIpc) is 2.82. The van der Waals surface area contributed by atoms with Gasteiger partial charge in [0.05, 0.1) is 17.2 Å². The van der Waals surface area contributed by atoms with Gasteiger partial charge in [-0.2, -0.15) is 0 Å². The van der Waals surface area contributed by atoms with Crippen LogP contribution in [-0.4, -0.2) is 26.5 Å². The molecule has 136 valence electrons. The first-order valence-corrected chi connectivity index (χ1v) is 10.9. The molecule has 0 fully saturated rings. The van der Waals surface area contributed by atoms with E-state index in [4.69, 9.17) is 4.98 Å². The SMILES string of the molecule is C[C@@H](O)CSc1nc2sc3c(c2c(=O)n1-c1ccccc1)CCCCC3. The molecule has 4 rings (SSSR count). The van der Waals surface area contributed by atoms with Crippen molar-refractivity contribution >= 4 is 33.3 Å². The van der Waals surface area contributed by atoms with Gasteiger partial charge in [0.15, 0.2) is 5.16 Å². The molecule has 1 aromatic carbocycles. The van der Waals surface area contributed by atoms with E-state index in [1.807, 2.05) is 30.3 Å². The highest BCUT2D eigenvalue weighted by Gasteiger charge is 2.22. The second kappa shape index (κ2) is 7.55. The Morgan fingerprint density at radius 2 is 2.00 bits per heavy atom. The number of benzene rings is 1. The minimum atomic E-state index is -0.447. The minimum Gasteiger partial charge on any atom is -0.393 e. The van der Waals surface area contributed by atoms with Crippen LogP contribution in [0.25, 0.3) is 15.9 Å². The molecule has 2 aromatic heterocycles. The third-order valence-corrected chi connectivity index (χ3v) is 7.04. The lowest BCUT2D eigenvalue weighted by molar-refractivity contribution is 0.220. The number of nitrogens with zero attached hydrogens (tertiary/aromatic N) is 2. The van der Waals surface area contributed by atoms with Gasteiger partial charge in [0.25, 0.3) is 5.56 Å². The number of thioether (sulfide) groups is 1. The number of fused-ring (bicyclic) bond motifs is 3. The van der Waals surface area contributed by atoms with Crippen molar-refractivity contribution in [1.82, 2.24) is 9.55 Å². The van der Waals surface area contributed by atoms with Crippen LogP contribution < -0.4 is 5.56 Å². The third kappa shape index (κ3) is 3.33. The van der Waals surface area contributed by atoms with Gasteiger partial charge in [-0.25, -0.2) is 4.98 Å². The Kier molecular flexibility index (Phi) is 5.16. The van der Waals surface area contributed by atoms with E-state index < -0.39 is 6.10 Å². The molecule has 2 heterocycles. The lowest BCUT2D eigenvalue weighted by Crippen LogP contribution is -2.22. The topological polar surface area (TPSA) is 55.1 Å². The number of aryl methyl sites for hydroxylation is 2. The maximum atomic E-state index is 13.5. The summed E-state index contributed by atoms with van der Waals surface area (Å²) in [5, 5.41) is 11.1. The van der Waals surface area contributed by atoms with Gasteiger partial charge in [-0.1, -0.05) is 36.4 Å². The van der Waals surface area contributed by atoms with E-state index in [1.54, 1.807) is 22.8 Å². The minimum absolute atomic E-state index is 0.0219. The monoisotopic (exact) mass is 386 g/mol. The molecule has 0 amide bonds. The van der Waals surface area contributed by atoms with Gasteiger partial charge in [-0.05, 0) is 50.3 Å². The standard InChI is InChI=1S/C20H22N2O2S2/c1-13(23)12-25-20-21-18-17(15-10-6-3-7-11-16(15)26-18)19(24)22(20)14-8-4-2-5-9-14/h2,4-5,8-9,13,23H,3,6-7,10-12H2,1H3/t13-/m1/s1. The molecule has 0 unspecified atom stereocenters. The number of aliphatic hydroxyl groups excluding tert-OH is 1. The highest BCUT2D eigenvalue weighted by Crippen LogP contribution is 2.34. The summed E-state index contributed by atoms with van der Waals surface area (Å²) in [5.41, 5.74) is 2.07. The van der Waals surface area contributed by atoms with E-state index in [0.29, 0.717) is 10.9 Å². The lowest BCUT2D eigenvalue weighted by Gasteiger charge is -2.13. The van der Waals surface area contributed by atoms with Crippen LogP contribution in [0.4, 0.5) is 0 Å². The number of hydrogen-bond donors (Lipinski definition) is 1. The zero-order valence-electron chi connectivity index (χ0n) is 14.8. The number of rotatable bonds is 4. The molecule has 0 aliphatic heterocycles. The van der Waals surface area contributed by atoms with Crippen molar-refractivity contribution in [1.29, 1.82) is 0 Å². The Hall–Kier alpha value is -1.63. The summed E-state index contributed by atoms with van der Waals surface area (Å²) in [6.07, 6.45) is 5.14. The largest absolute Gasteiger partial charge is 0.393 e. The summed E-state index contributed by atoms with van der Waals surface area (Å²) >= 11 is 3.12. The molecule has 0 spiro atoms. The van der Waals surface area contributed by atoms with E-state index in [0.717, 1.165) is 35.2 Å². The van der Waals surface area contributed by atoms with Crippen molar-refractivity contribution in [2.45, 2.75) is 50.3 Å². The summed E-state index contributed by atoms with van der Waals surface area (Å²) in [7, 11) is 0. The molecule has 0 saturated carbocycles. The van der Waals surface area contributed by atoms with Crippen LogP contribution in [0.3, 0.4) is 0 Å². The van der Waals surface area contributed by atoms with Crippen LogP contribution in [0.2, 0.25) is 0 Å². The number of hydrogen-bond acceptors (Lipinski definition) is 5. The molecule has 6 heteroatoms. The summed E-state index contributed by atoms with van der Waals surface area (Å²) in [5.74, 6) is 0.510. The zero-order valence-corrected chi connectivity index (χ0v) is 16.4. The first kappa shape index (κ1) is 17.8. The van der Waals surface area contributed by atoms with Crippen LogP contribution in [-0.2, 0) is 12.8 Å². The van der Waals surface area contributed by atoms with Crippen molar-refractivity contribution in [3.63, 3.8) is 0 Å². The number of aliphatic hydroxyl groups is 1. The quantitative estimate of drug-likeness (QED) is 0.415. The highest BCUT2D eigenvalue weighted by molar-refractivity contribution is 7.99. The Morgan fingerprint density at radius 1 is 1.23 bits per heavy atom. The smallest absolute Gasteiger partial charge is 0.267 e. The Bertz CT molecular complexity index is 977. The molecule has 1 aliphatic rings. The maximum absolute atomic E-state index is 13.5. The van der Waals surface area contributed by atoms with Crippen LogP contribution in [0.1, 0.15) is 36.6 Å². The molecular formula is C20H22N2O2S2. The van der Waals surface area contributed by atoms with Crippen LogP contribution in [0.5, 0.6) is 0 Å². The van der Waals surface area contributed by atoms with Crippen molar-refractivity contribution in [2.75, 3.05) is 5.75 Å². The average molecular weight is 387 g/mol. The van der Waals surface area contributed by atoms with Gasteiger partial charge < -0.3 is 5.11 Å². The number of aromatic nitrogens is 2. The predicted octanol–water partition coefficient (Wildman–Crippen LogP) is 4.19. The first-order chi connectivity index (χ1) is 12.6. The van der Waals surface area contributed by atoms with Crippen LogP contribution >= 0.6 is 23.1 Å². The van der Waals surface area contributed by atoms with E-state index in [1.165, 1.54) is 35.0 Å². The Balaban J connectivity index is 1.95. The van der Waals surface area contributed by atoms with Crippen molar-refractivity contribution in [3.8, 4) is 5.69 Å². The van der Waals surface area contributed by atoms with Gasteiger partial charge in [0.2, 0.25) is 0 Å². The molecule has 26 heavy (non-hydrogen) atoms. The Labute approximate surface area is 160 Å². The van der Waals surface area contributed by atoms with Gasteiger partial charge in [-0.15, -0.1) is 11.3 Å². The fraction of sp³-hybridized carbons (Fsp3) is 0.400. The van der Waals surface area contributed by atoms with Crippen molar-refractivity contribution < 1.29 is 5.11 Å². The van der Waals surface area contributed by atoms with Crippen molar-refractivity contribution in [2.24, 2.45) is 0 Å². The summed E-state index contributed by atoms with van der Waals surface area (Å²) in [4.78, 5) is 20.5. The molecule has 1 atom stereocenters. The lowest BCUT2D eigenvalue weighted by atomic mass is 10.1. The van der Waals surface area contributed by atoms with E-state index in [2.05, 4.69) is 0 Å². The molecule has 4 nitrogen and oxygen atoms in total. The summed E-state index contributed by atoms with van der Waals surface area (Å²) in [6.45, 7) is 1.75. The molecule has 1 aliphatic carbocycles. The highest BCUT2D eigenvalue weighted by atomic mass is 32.2. The molecule has 0 radical (unpaired) electrons. The summed E-state index contributed by atoms with van der Waals surface area (Å²) < 4.78 is 1.72. The van der Waals surface area contributed by atoms with Gasteiger partial charge >= 0.3 is 0 Å². The summed E-state index contributed by atoms with van der Waals surface area (Å²) in [6, 6.07) is 9.69.